The summed E-state index contributed by atoms with van der Waals surface area (Å²) in [5.41, 5.74) is 1.30. The zero-order chi connectivity index (χ0) is 13.3. The van der Waals surface area contributed by atoms with Crippen molar-refractivity contribution >= 4 is 5.69 Å². The largest absolute Gasteiger partial charge is 0.389 e. The van der Waals surface area contributed by atoms with Gasteiger partial charge in [0, 0.05) is 12.6 Å². The number of piperidine rings is 1. The fraction of sp³-hybridized carbons (Fsp3) is 0.600. The standard InChI is InChI=1S/C15H22FNO/c1-10-4-5-11(2)17(9-10)15-7-6-13(12(3)18)8-14(15)16/h6-8,10-12,18H,4-5,9H2,1-3H3. The maximum atomic E-state index is 14.1. The maximum Gasteiger partial charge on any atom is 0.146 e. The third-order valence-corrected chi connectivity index (χ3v) is 3.88. The molecule has 0 aliphatic carbocycles. The number of halogens is 1. The quantitative estimate of drug-likeness (QED) is 0.869. The molecule has 1 saturated heterocycles. The fourth-order valence-electron chi connectivity index (χ4n) is 2.64. The molecule has 18 heavy (non-hydrogen) atoms. The molecule has 3 atom stereocenters. The van der Waals surface area contributed by atoms with Crippen LogP contribution < -0.4 is 4.90 Å². The topological polar surface area (TPSA) is 23.5 Å². The van der Waals surface area contributed by atoms with E-state index in [9.17, 15) is 9.50 Å². The van der Waals surface area contributed by atoms with Gasteiger partial charge in [-0.2, -0.15) is 0 Å². The molecule has 1 aromatic rings. The van der Waals surface area contributed by atoms with Gasteiger partial charge in [0.05, 0.1) is 11.8 Å². The monoisotopic (exact) mass is 251 g/mol. The highest BCUT2D eigenvalue weighted by Crippen LogP contribution is 2.30. The summed E-state index contributed by atoms with van der Waals surface area (Å²) in [4.78, 5) is 2.15. The number of aliphatic hydroxyl groups excluding tert-OH is 1. The van der Waals surface area contributed by atoms with Crippen LogP contribution in [-0.2, 0) is 0 Å². The summed E-state index contributed by atoms with van der Waals surface area (Å²) in [5, 5.41) is 9.46. The zero-order valence-corrected chi connectivity index (χ0v) is 11.4. The molecule has 1 fully saturated rings. The van der Waals surface area contributed by atoms with Crippen molar-refractivity contribution in [2.75, 3.05) is 11.4 Å². The summed E-state index contributed by atoms with van der Waals surface area (Å²) in [6.45, 7) is 6.92. The van der Waals surface area contributed by atoms with Crippen LogP contribution in [0.2, 0.25) is 0 Å². The summed E-state index contributed by atoms with van der Waals surface area (Å²) in [6, 6.07) is 5.44. The minimum Gasteiger partial charge on any atom is -0.389 e. The highest BCUT2D eigenvalue weighted by atomic mass is 19.1. The van der Waals surface area contributed by atoms with Gasteiger partial charge < -0.3 is 10.0 Å². The highest BCUT2D eigenvalue weighted by Gasteiger charge is 2.25. The highest BCUT2D eigenvalue weighted by molar-refractivity contribution is 5.50. The third-order valence-electron chi connectivity index (χ3n) is 3.88. The van der Waals surface area contributed by atoms with Crippen LogP contribution in [0.1, 0.15) is 45.3 Å². The molecule has 0 spiro atoms. The van der Waals surface area contributed by atoms with Crippen molar-refractivity contribution in [3.8, 4) is 0 Å². The molecule has 1 aliphatic heterocycles. The number of anilines is 1. The normalized spacial score (nSPS) is 26.2. The molecule has 0 aromatic heterocycles. The summed E-state index contributed by atoms with van der Waals surface area (Å²) in [7, 11) is 0. The molecule has 0 saturated carbocycles. The van der Waals surface area contributed by atoms with Gasteiger partial charge in [0.2, 0.25) is 0 Å². The molecule has 1 aromatic carbocycles. The SMILES string of the molecule is CC1CCC(C)N(c2ccc(C(C)O)cc2F)C1. The van der Waals surface area contributed by atoms with Crippen molar-refractivity contribution in [2.24, 2.45) is 5.92 Å². The van der Waals surface area contributed by atoms with Gasteiger partial charge in [-0.25, -0.2) is 4.39 Å². The van der Waals surface area contributed by atoms with E-state index in [1.54, 1.807) is 13.0 Å². The van der Waals surface area contributed by atoms with E-state index < -0.39 is 6.10 Å². The second-order valence-electron chi connectivity index (χ2n) is 5.57. The average Bonchev–Trinajstić information content (AvgIpc) is 2.32. The molecule has 2 nitrogen and oxygen atoms in total. The first-order valence-corrected chi connectivity index (χ1v) is 6.73. The first kappa shape index (κ1) is 13.3. The first-order valence-electron chi connectivity index (χ1n) is 6.73. The van der Waals surface area contributed by atoms with Crippen LogP contribution >= 0.6 is 0 Å². The van der Waals surface area contributed by atoms with Gasteiger partial charge in [-0.1, -0.05) is 13.0 Å². The van der Waals surface area contributed by atoms with Crippen LogP contribution in [0.25, 0.3) is 0 Å². The van der Waals surface area contributed by atoms with E-state index in [0.29, 0.717) is 23.2 Å². The summed E-state index contributed by atoms with van der Waals surface area (Å²) < 4.78 is 14.1. The number of aliphatic hydroxyl groups is 1. The van der Waals surface area contributed by atoms with Crippen molar-refractivity contribution in [3.05, 3.63) is 29.6 Å². The predicted octanol–water partition coefficient (Wildman–Crippen LogP) is 3.50. The zero-order valence-electron chi connectivity index (χ0n) is 11.4. The van der Waals surface area contributed by atoms with Gasteiger partial charge >= 0.3 is 0 Å². The Morgan fingerprint density at radius 2 is 2.06 bits per heavy atom. The van der Waals surface area contributed by atoms with Crippen molar-refractivity contribution in [3.63, 3.8) is 0 Å². The van der Waals surface area contributed by atoms with E-state index in [2.05, 4.69) is 18.7 Å². The molecule has 1 N–H and O–H groups in total. The van der Waals surface area contributed by atoms with Gasteiger partial charge in [0.25, 0.3) is 0 Å². The van der Waals surface area contributed by atoms with Crippen LogP contribution in [0.15, 0.2) is 18.2 Å². The van der Waals surface area contributed by atoms with Crippen LogP contribution in [-0.4, -0.2) is 17.7 Å². The molecule has 0 amide bonds. The van der Waals surface area contributed by atoms with Crippen LogP contribution in [0.5, 0.6) is 0 Å². The average molecular weight is 251 g/mol. The van der Waals surface area contributed by atoms with E-state index in [0.717, 1.165) is 13.0 Å². The van der Waals surface area contributed by atoms with E-state index in [4.69, 9.17) is 0 Å². The van der Waals surface area contributed by atoms with Crippen LogP contribution in [0, 0.1) is 11.7 Å². The van der Waals surface area contributed by atoms with Gasteiger partial charge in [0.15, 0.2) is 0 Å². The Bertz CT molecular complexity index is 419. The molecular formula is C15H22FNO. The molecule has 3 unspecified atom stereocenters. The Balaban J connectivity index is 2.27. The Labute approximate surface area is 108 Å². The Hall–Kier alpha value is -1.09. The number of benzene rings is 1. The Morgan fingerprint density at radius 3 is 2.67 bits per heavy atom. The smallest absolute Gasteiger partial charge is 0.146 e. The van der Waals surface area contributed by atoms with Crippen LogP contribution in [0.4, 0.5) is 10.1 Å². The lowest BCUT2D eigenvalue weighted by atomic mass is 9.94. The molecule has 3 heteroatoms. The van der Waals surface area contributed by atoms with Gasteiger partial charge in [-0.05, 0) is 50.3 Å². The van der Waals surface area contributed by atoms with E-state index in [-0.39, 0.29) is 5.82 Å². The van der Waals surface area contributed by atoms with Crippen molar-refractivity contribution < 1.29 is 9.50 Å². The molecule has 100 valence electrons. The minimum absolute atomic E-state index is 0.227. The Morgan fingerprint density at radius 1 is 1.33 bits per heavy atom. The summed E-state index contributed by atoms with van der Waals surface area (Å²) in [5.74, 6) is 0.381. The number of hydrogen-bond acceptors (Lipinski definition) is 2. The number of nitrogens with zero attached hydrogens (tertiary/aromatic N) is 1. The Kier molecular flexibility index (Phi) is 3.91. The van der Waals surface area contributed by atoms with E-state index in [1.165, 1.54) is 12.5 Å². The fourth-order valence-corrected chi connectivity index (χ4v) is 2.64. The predicted molar refractivity (Wildman–Crippen MR) is 72.2 cm³/mol. The maximum absolute atomic E-state index is 14.1. The minimum atomic E-state index is -0.619. The van der Waals surface area contributed by atoms with E-state index >= 15 is 0 Å². The lowest BCUT2D eigenvalue weighted by molar-refractivity contribution is 0.199. The molecule has 0 bridgehead atoms. The lowest BCUT2D eigenvalue weighted by Gasteiger charge is -2.38. The van der Waals surface area contributed by atoms with Gasteiger partial charge in [-0.3, -0.25) is 0 Å². The summed E-state index contributed by atoms with van der Waals surface area (Å²) >= 11 is 0. The first-order chi connectivity index (χ1) is 8.49. The molecular weight excluding hydrogens is 229 g/mol. The molecule has 1 aliphatic rings. The second kappa shape index (κ2) is 5.27. The molecule has 0 radical (unpaired) electrons. The van der Waals surface area contributed by atoms with Crippen LogP contribution in [0.3, 0.4) is 0 Å². The number of rotatable bonds is 2. The van der Waals surface area contributed by atoms with Crippen molar-refractivity contribution in [1.82, 2.24) is 0 Å². The van der Waals surface area contributed by atoms with Gasteiger partial charge in [-0.15, -0.1) is 0 Å². The van der Waals surface area contributed by atoms with Crippen molar-refractivity contribution in [1.29, 1.82) is 0 Å². The summed E-state index contributed by atoms with van der Waals surface area (Å²) in [6.07, 6.45) is 1.70. The van der Waals surface area contributed by atoms with Crippen molar-refractivity contribution in [2.45, 2.75) is 45.8 Å². The third kappa shape index (κ3) is 2.66. The molecule has 2 rings (SSSR count). The second-order valence-corrected chi connectivity index (χ2v) is 5.57. The lowest BCUT2D eigenvalue weighted by Crippen LogP contribution is -2.41. The molecule has 1 heterocycles. The van der Waals surface area contributed by atoms with E-state index in [1.807, 2.05) is 6.07 Å². The number of hydrogen-bond donors (Lipinski definition) is 1. The van der Waals surface area contributed by atoms with Gasteiger partial charge in [0.1, 0.15) is 5.82 Å².